The molecule has 0 saturated carbocycles. The highest BCUT2D eigenvalue weighted by Crippen LogP contribution is 2.20. The number of aliphatic imine (C=N–C) groups is 1. The summed E-state index contributed by atoms with van der Waals surface area (Å²) >= 11 is 0. The number of rotatable bonds is 2. The van der Waals surface area contributed by atoms with Gasteiger partial charge in [-0.3, -0.25) is 0 Å². The maximum atomic E-state index is 5.68. The van der Waals surface area contributed by atoms with Crippen molar-refractivity contribution in [2.75, 3.05) is 6.61 Å². The minimum Gasteiger partial charge on any atom is -0.475 e. The third-order valence-corrected chi connectivity index (χ3v) is 3.06. The predicted molar refractivity (Wildman–Crippen MR) is 67.0 cm³/mol. The van der Waals surface area contributed by atoms with E-state index in [1.54, 1.807) is 0 Å². The van der Waals surface area contributed by atoms with E-state index >= 15 is 0 Å². The summed E-state index contributed by atoms with van der Waals surface area (Å²) in [5, 5.41) is 0. The molecule has 0 saturated heterocycles. The molecule has 86 valence electrons. The molecule has 1 atom stereocenters. The third-order valence-electron chi connectivity index (χ3n) is 3.06. The minimum atomic E-state index is 0.315. The van der Waals surface area contributed by atoms with Gasteiger partial charge >= 0.3 is 0 Å². The van der Waals surface area contributed by atoms with E-state index in [1.165, 1.54) is 11.1 Å². The fourth-order valence-corrected chi connectivity index (χ4v) is 1.93. The molecule has 0 spiro atoms. The van der Waals surface area contributed by atoms with E-state index in [2.05, 4.69) is 50.9 Å². The topological polar surface area (TPSA) is 21.6 Å². The molecule has 0 N–H and O–H groups in total. The van der Waals surface area contributed by atoms with Crippen LogP contribution >= 0.6 is 0 Å². The van der Waals surface area contributed by atoms with E-state index in [9.17, 15) is 0 Å². The van der Waals surface area contributed by atoms with E-state index in [1.807, 2.05) is 0 Å². The highest BCUT2D eigenvalue weighted by molar-refractivity contribution is 5.96. The Balaban J connectivity index is 2.29. The van der Waals surface area contributed by atoms with Gasteiger partial charge in [0.15, 0.2) is 0 Å². The smallest absolute Gasteiger partial charge is 0.216 e. The Labute approximate surface area is 97.4 Å². The Morgan fingerprint density at radius 2 is 2.06 bits per heavy atom. The third kappa shape index (κ3) is 2.11. The number of hydrogen-bond acceptors (Lipinski definition) is 2. The van der Waals surface area contributed by atoms with Gasteiger partial charge in [0.1, 0.15) is 6.61 Å². The second kappa shape index (κ2) is 4.28. The van der Waals surface area contributed by atoms with Crippen LogP contribution in [0, 0.1) is 19.8 Å². The zero-order valence-corrected chi connectivity index (χ0v) is 10.4. The van der Waals surface area contributed by atoms with Crippen molar-refractivity contribution in [1.29, 1.82) is 0 Å². The lowest BCUT2D eigenvalue weighted by atomic mass is 10.1. The Morgan fingerprint density at radius 3 is 2.62 bits per heavy atom. The predicted octanol–water partition coefficient (Wildman–Crippen LogP) is 3.10. The second-order valence-electron chi connectivity index (χ2n) is 4.87. The van der Waals surface area contributed by atoms with Crippen molar-refractivity contribution in [2.24, 2.45) is 10.9 Å². The van der Waals surface area contributed by atoms with Crippen molar-refractivity contribution < 1.29 is 4.74 Å². The lowest BCUT2D eigenvalue weighted by molar-refractivity contribution is 0.292. The van der Waals surface area contributed by atoms with Crippen LogP contribution in [0.5, 0.6) is 0 Å². The molecule has 2 rings (SSSR count). The molecule has 1 heterocycles. The summed E-state index contributed by atoms with van der Waals surface area (Å²) in [5.74, 6) is 1.36. The van der Waals surface area contributed by atoms with Crippen LogP contribution in [0.3, 0.4) is 0 Å². The number of aryl methyl sites for hydroxylation is 2. The molecule has 0 radical (unpaired) electrons. The average molecular weight is 217 g/mol. The van der Waals surface area contributed by atoms with Crippen molar-refractivity contribution in [2.45, 2.75) is 33.7 Å². The van der Waals surface area contributed by atoms with Gasteiger partial charge in [0, 0.05) is 5.56 Å². The van der Waals surface area contributed by atoms with Gasteiger partial charge in [0.05, 0.1) is 6.04 Å². The Hall–Kier alpha value is -1.31. The van der Waals surface area contributed by atoms with Crippen LogP contribution in [0.2, 0.25) is 0 Å². The molecule has 0 fully saturated rings. The number of ether oxygens (including phenoxy) is 1. The van der Waals surface area contributed by atoms with Crippen LogP contribution in [0.15, 0.2) is 23.2 Å². The maximum absolute atomic E-state index is 5.68. The van der Waals surface area contributed by atoms with Crippen molar-refractivity contribution >= 4 is 5.90 Å². The molecule has 0 amide bonds. The summed E-state index contributed by atoms with van der Waals surface area (Å²) in [6, 6.07) is 6.70. The maximum Gasteiger partial charge on any atom is 0.216 e. The van der Waals surface area contributed by atoms with E-state index in [4.69, 9.17) is 4.74 Å². The summed E-state index contributed by atoms with van der Waals surface area (Å²) in [5.41, 5.74) is 3.65. The lowest BCUT2D eigenvalue weighted by Crippen LogP contribution is -2.13. The standard InChI is InChI=1S/C14H19NO/c1-9(2)13-8-16-14(15-13)12-6-5-10(3)7-11(12)4/h5-7,9,13H,8H2,1-4H3/t13-/m1/s1. The summed E-state index contributed by atoms with van der Waals surface area (Å²) < 4.78 is 5.68. The summed E-state index contributed by atoms with van der Waals surface area (Å²) in [6.45, 7) is 9.30. The number of nitrogens with zero attached hydrogens (tertiary/aromatic N) is 1. The molecule has 2 heteroatoms. The number of benzene rings is 1. The van der Waals surface area contributed by atoms with Gasteiger partial charge in [-0.05, 0) is 31.4 Å². The zero-order valence-electron chi connectivity index (χ0n) is 10.4. The first-order valence-electron chi connectivity index (χ1n) is 5.86. The van der Waals surface area contributed by atoms with Gasteiger partial charge in [-0.25, -0.2) is 4.99 Å². The molecule has 0 bridgehead atoms. The van der Waals surface area contributed by atoms with Gasteiger partial charge in [0.25, 0.3) is 0 Å². The van der Waals surface area contributed by atoms with Crippen molar-refractivity contribution in [3.8, 4) is 0 Å². The first-order chi connectivity index (χ1) is 7.58. The van der Waals surface area contributed by atoms with E-state index in [0.29, 0.717) is 12.0 Å². The van der Waals surface area contributed by atoms with E-state index < -0.39 is 0 Å². The summed E-state index contributed by atoms with van der Waals surface area (Å²) in [6.07, 6.45) is 0. The first kappa shape index (κ1) is 11.2. The highest BCUT2D eigenvalue weighted by Gasteiger charge is 2.23. The zero-order chi connectivity index (χ0) is 11.7. The van der Waals surface area contributed by atoms with Gasteiger partial charge in [-0.15, -0.1) is 0 Å². The van der Waals surface area contributed by atoms with Crippen LogP contribution in [0.25, 0.3) is 0 Å². The Bertz CT molecular complexity index is 421. The average Bonchev–Trinajstić information content (AvgIpc) is 2.66. The molecular formula is C14H19NO. The summed E-state index contributed by atoms with van der Waals surface area (Å²) in [4.78, 5) is 4.64. The molecule has 1 aromatic rings. The van der Waals surface area contributed by atoms with Crippen molar-refractivity contribution in [3.63, 3.8) is 0 Å². The Kier molecular flexibility index (Phi) is 2.99. The van der Waals surface area contributed by atoms with Gasteiger partial charge in [0.2, 0.25) is 5.90 Å². The number of hydrogen-bond donors (Lipinski definition) is 0. The SMILES string of the molecule is Cc1ccc(C2=N[C@@H](C(C)C)CO2)c(C)c1. The molecule has 1 aliphatic rings. The first-order valence-corrected chi connectivity index (χ1v) is 5.86. The second-order valence-corrected chi connectivity index (χ2v) is 4.87. The van der Waals surface area contributed by atoms with Gasteiger partial charge in [-0.2, -0.15) is 0 Å². The Morgan fingerprint density at radius 1 is 1.31 bits per heavy atom. The quantitative estimate of drug-likeness (QED) is 0.746. The van der Waals surface area contributed by atoms with Crippen LogP contribution in [-0.2, 0) is 4.74 Å². The van der Waals surface area contributed by atoms with Crippen LogP contribution in [-0.4, -0.2) is 18.5 Å². The summed E-state index contributed by atoms with van der Waals surface area (Å²) in [7, 11) is 0. The van der Waals surface area contributed by atoms with Crippen LogP contribution in [0.1, 0.15) is 30.5 Å². The largest absolute Gasteiger partial charge is 0.475 e. The molecular weight excluding hydrogens is 198 g/mol. The fourth-order valence-electron chi connectivity index (χ4n) is 1.93. The van der Waals surface area contributed by atoms with Crippen LogP contribution < -0.4 is 0 Å². The fraction of sp³-hybridized carbons (Fsp3) is 0.500. The lowest BCUT2D eigenvalue weighted by Gasteiger charge is -2.06. The molecule has 1 aliphatic heterocycles. The van der Waals surface area contributed by atoms with Crippen molar-refractivity contribution in [3.05, 3.63) is 34.9 Å². The normalized spacial score (nSPS) is 19.8. The van der Waals surface area contributed by atoms with E-state index in [0.717, 1.165) is 18.1 Å². The van der Waals surface area contributed by atoms with Crippen LogP contribution in [0.4, 0.5) is 0 Å². The molecule has 2 nitrogen and oxygen atoms in total. The van der Waals surface area contributed by atoms with Gasteiger partial charge < -0.3 is 4.74 Å². The van der Waals surface area contributed by atoms with E-state index in [-0.39, 0.29) is 0 Å². The van der Waals surface area contributed by atoms with Gasteiger partial charge in [-0.1, -0.05) is 31.5 Å². The molecule has 0 unspecified atom stereocenters. The molecule has 16 heavy (non-hydrogen) atoms. The van der Waals surface area contributed by atoms with Crippen molar-refractivity contribution in [1.82, 2.24) is 0 Å². The monoisotopic (exact) mass is 217 g/mol. The molecule has 0 aromatic heterocycles. The molecule has 1 aromatic carbocycles. The molecule has 0 aliphatic carbocycles. The highest BCUT2D eigenvalue weighted by atomic mass is 16.5. The minimum absolute atomic E-state index is 0.315.